The van der Waals surface area contributed by atoms with E-state index >= 15 is 0 Å². The zero-order valence-electron chi connectivity index (χ0n) is 20.0. The minimum absolute atomic E-state index is 0.0613. The second-order valence-electron chi connectivity index (χ2n) is 8.08. The number of isocyanates is 1. The summed E-state index contributed by atoms with van der Waals surface area (Å²) in [6, 6.07) is 19.0. The minimum atomic E-state index is -2.94. The number of carbonyl (C=O) groups excluding carboxylic acids is 2. The zero-order valence-corrected chi connectivity index (χ0v) is 21.6. The van der Waals surface area contributed by atoms with Gasteiger partial charge in [-0.3, -0.25) is 0 Å². The number of hydrogen-bond acceptors (Lipinski definition) is 8. The van der Waals surface area contributed by atoms with Gasteiger partial charge in [0.25, 0.3) is 0 Å². The van der Waals surface area contributed by atoms with E-state index in [1.54, 1.807) is 4.90 Å². The van der Waals surface area contributed by atoms with Crippen LogP contribution >= 0.6 is 0 Å². The third kappa shape index (κ3) is 12.1. The van der Waals surface area contributed by atoms with E-state index in [1.165, 1.54) is 6.08 Å². The molecule has 12 heteroatoms. The van der Waals surface area contributed by atoms with Crippen LogP contribution in [0.4, 0.5) is 4.79 Å². The Balaban J connectivity index is 0.000000213. The Kier molecular flexibility index (Phi) is 12.3. The van der Waals surface area contributed by atoms with E-state index in [4.69, 9.17) is 0 Å². The van der Waals surface area contributed by atoms with Crippen LogP contribution in [0.3, 0.4) is 0 Å². The van der Waals surface area contributed by atoms with E-state index in [9.17, 15) is 26.4 Å². The number of benzene rings is 2. The van der Waals surface area contributed by atoms with Crippen LogP contribution in [0.15, 0.2) is 65.7 Å². The lowest BCUT2D eigenvalue weighted by atomic mass is 10.2. The molecule has 0 aliphatic carbocycles. The van der Waals surface area contributed by atoms with E-state index in [2.05, 4.69) is 15.6 Å². The monoisotopic (exact) mass is 536 g/mol. The van der Waals surface area contributed by atoms with Crippen LogP contribution in [0, 0.1) is 0 Å². The number of rotatable bonds is 4. The second-order valence-corrected chi connectivity index (χ2v) is 12.7. The van der Waals surface area contributed by atoms with Crippen molar-refractivity contribution in [3.05, 3.63) is 71.8 Å². The molecule has 36 heavy (non-hydrogen) atoms. The summed E-state index contributed by atoms with van der Waals surface area (Å²) in [6.45, 7) is 2.71. The normalized spacial score (nSPS) is 17.6. The lowest BCUT2D eigenvalue weighted by molar-refractivity contribution is 0.201. The van der Waals surface area contributed by atoms with Crippen molar-refractivity contribution in [1.82, 2.24) is 15.5 Å². The Bertz CT molecular complexity index is 1170. The molecule has 2 aromatic rings. The molecular weight excluding hydrogens is 504 g/mol. The molecule has 4 rings (SSSR count). The van der Waals surface area contributed by atoms with Gasteiger partial charge in [-0.1, -0.05) is 60.7 Å². The van der Waals surface area contributed by atoms with Gasteiger partial charge in [0.2, 0.25) is 6.08 Å². The summed E-state index contributed by atoms with van der Waals surface area (Å²) in [5.41, 5.74) is 2.06. The highest BCUT2D eigenvalue weighted by Gasteiger charge is 2.24. The fraction of sp³-hybridized carbons (Fsp3) is 0.417. The van der Waals surface area contributed by atoms with E-state index in [-0.39, 0.29) is 30.6 Å². The molecule has 2 aliphatic heterocycles. The molecule has 2 amide bonds. The maximum atomic E-state index is 11.8. The van der Waals surface area contributed by atoms with Crippen LogP contribution in [0.25, 0.3) is 0 Å². The van der Waals surface area contributed by atoms with Gasteiger partial charge in [0.05, 0.1) is 29.6 Å². The smallest absolute Gasteiger partial charge is 0.317 e. The first-order valence-corrected chi connectivity index (χ1v) is 15.1. The highest BCUT2D eigenvalue weighted by molar-refractivity contribution is 7.91. The van der Waals surface area contributed by atoms with Crippen molar-refractivity contribution in [2.45, 2.75) is 13.1 Å². The Hall–Kier alpha value is -3.05. The SMILES string of the molecule is O=C(NCc1ccccc1)N1CCS(=O)(=O)CC1.O=C=NCc1ccccc1.O=S1(=O)CCNCC1. The van der Waals surface area contributed by atoms with Crippen LogP contribution < -0.4 is 10.6 Å². The highest BCUT2D eigenvalue weighted by atomic mass is 32.2. The fourth-order valence-electron chi connectivity index (χ4n) is 3.19. The number of carbonyl (C=O) groups is 1. The number of aliphatic imine (C=N–C) groups is 1. The Labute approximate surface area is 212 Å². The molecule has 0 aromatic heterocycles. The molecule has 0 unspecified atom stereocenters. The van der Waals surface area contributed by atoms with Crippen molar-refractivity contribution in [2.24, 2.45) is 4.99 Å². The summed E-state index contributed by atoms with van der Waals surface area (Å²) in [5.74, 6) is 0.748. The van der Waals surface area contributed by atoms with Crippen molar-refractivity contribution < 1.29 is 26.4 Å². The Morgan fingerprint density at radius 3 is 1.81 bits per heavy atom. The summed E-state index contributed by atoms with van der Waals surface area (Å²) in [6.07, 6.45) is 1.49. The van der Waals surface area contributed by atoms with E-state index in [0.717, 1.165) is 11.1 Å². The van der Waals surface area contributed by atoms with Gasteiger partial charge >= 0.3 is 6.03 Å². The Morgan fingerprint density at radius 2 is 1.33 bits per heavy atom. The summed E-state index contributed by atoms with van der Waals surface area (Å²) in [4.78, 5) is 26.5. The van der Waals surface area contributed by atoms with E-state index in [1.807, 2.05) is 60.7 Å². The summed E-state index contributed by atoms with van der Waals surface area (Å²) in [5, 5.41) is 5.75. The third-order valence-electron chi connectivity index (χ3n) is 5.27. The number of nitrogens with zero attached hydrogens (tertiary/aromatic N) is 2. The maximum absolute atomic E-state index is 11.8. The summed E-state index contributed by atoms with van der Waals surface area (Å²) >= 11 is 0. The van der Waals surface area contributed by atoms with Crippen molar-refractivity contribution in [1.29, 1.82) is 0 Å². The lowest BCUT2D eigenvalue weighted by Crippen LogP contribution is -2.47. The molecule has 0 spiro atoms. The van der Waals surface area contributed by atoms with Crippen LogP contribution in [0.1, 0.15) is 11.1 Å². The molecule has 2 N–H and O–H groups in total. The maximum Gasteiger partial charge on any atom is 0.317 e. The molecule has 0 bridgehead atoms. The van der Waals surface area contributed by atoms with Crippen molar-refractivity contribution in [2.75, 3.05) is 49.2 Å². The van der Waals surface area contributed by atoms with Gasteiger partial charge in [-0.15, -0.1) is 0 Å². The van der Waals surface area contributed by atoms with Gasteiger partial charge in [-0.2, -0.15) is 0 Å². The van der Waals surface area contributed by atoms with Crippen LogP contribution in [-0.2, 0) is 37.6 Å². The van der Waals surface area contributed by atoms with Gasteiger partial charge in [0.15, 0.2) is 19.7 Å². The molecule has 0 saturated carbocycles. The molecule has 0 atom stereocenters. The number of urea groups is 1. The number of amides is 2. The molecule has 196 valence electrons. The third-order valence-corrected chi connectivity index (χ3v) is 8.53. The van der Waals surface area contributed by atoms with Gasteiger partial charge in [0, 0.05) is 32.7 Å². The molecular formula is C24H32N4O6S2. The first-order valence-electron chi connectivity index (χ1n) is 11.5. The number of hydrogen-bond donors (Lipinski definition) is 2. The molecule has 2 saturated heterocycles. The summed E-state index contributed by atoms with van der Waals surface area (Å²) in [7, 11) is -5.58. The minimum Gasteiger partial charge on any atom is -0.334 e. The summed E-state index contributed by atoms with van der Waals surface area (Å²) < 4.78 is 43.7. The van der Waals surface area contributed by atoms with Crippen LogP contribution in [0.5, 0.6) is 0 Å². The molecule has 2 fully saturated rings. The standard InChI is InChI=1S/C12H16N2O3S.C8H7NO.C4H9NO2S/c15-12(13-10-11-4-2-1-3-5-11)14-6-8-18(16,17)9-7-14;10-7-9-6-8-4-2-1-3-5-8;6-8(7)3-1-5-2-4-8/h1-5H,6-10H2,(H,13,15);1-5H,6H2;5H,1-4H2. The van der Waals surface area contributed by atoms with Crippen LogP contribution in [-0.4, -0.2) is 83.0 Å². The van der Waals surface area contributed by atoms with Gasteiger partial charge < -0.3 is 15.5 Å². The highest BCUT2D eigenvalue weighted by Crippen LogP contribution is 2.05. The van der Waals surface area contributed by atoms with Gasteiger partial charge in [-0.25, -0.2) is 31.4 Å². The first-order chi connectivity index (χ1) is 17.2. The average Bonchev–Trinajstić information content (AvgIpc) is 2.88. The fourth-order valence-corrected chi connectivity index (χ4v) is 5.51. The van der Waals surface area contributed by atoms with Gasteiger partial charge in [-0.05, 0) is 11.1 Å². The zero-order chi connectivity index (χ0) is 26.3. The number of nitrogens with one attached hydrogen (secondary N) is 2. The molecule has 2 aromatic carbocycles. The van der Waals surface area contributed by atoms with Crippen molar-refractivity contribution in [3.8, 4) is 0 Å². The lowest BCUT2D eigenvalue weighted by Gasteiger charge is -2.26. The molecule has 2 heterocycles. The quantitative estimate of drug-likeness (QED) is 0.441. The van der Waals surface area contributed by atoms with E-state index < -0.39 is 19.7 Å². The van der Waals surface area contributed by atoms with Crippen LogP contribution in [0.2, 0.25) is 0 Å². The number of sulfone groups is 2. The van der Waals surface area contributed by atoms with Crippen molar-refractivity contribution in [3.63, 3.8) is 0 Å². The predicted molar refractivity (Wildman–Crippen MR) is 139 cm³/mol. The van der Waals surface area contributed by atoms with E-state index in [0.29, 0.717) is 37.7 Å². The first kappa shape index (κ1) is 29.2. The van der Waals surface area contributed by atoms with Crippen molar-refractivity contribution >= 4 is 31.8 Å². The average molecular weight is 537 g/mol. The Morgan fingerprint density at radius 1 is 0.833 bits per heavy atom. The topological polar surface area (TPSA) is 142 Å². The predicted octanol–water partition coefficient (Wildman–Crippen LogP) is 1.15. The van der Waals surface area contributed by atoms with Gasteiger partial charge in [0.1, 0.15) is 0 Å². The molecule has 10 nitrogen and oxygen atoms in total. The molecule has 2 aliphatic rings. The second kappa shape index (κ2) is 15.1. The molecule has 0 radical (unpaired) electrons. The largest absolute Gasteiger partial charge is 0.334 e.